The third-order valence-corrected chi connectivity index (χ3v) is 9.96. The van der Waals surface area contributed by atoms with Gasteiger partial charge in [0.05, 0.1) is 19.8 Å². The van der Waals surface area contributed by atoms with Crippen LogP contribution in [0.4, 0.5) is 0 Å². The molecule has 0 saturated heterocycles. The number of unbranched alkanes of at least 4 members (excludes halogenated alkanes) is 3. The normalized spacial score (nSPS) is 10.9. The molecule has 0 aliphatic heterocycles. The Hall–Kier alpha value is -6.52. The number of rotatable bonds is 30. The van der Waals surface area contributed by atoms with Gasteiger partial charge in [0.15, 0.2) is 0 Å². The summed E-state index contributed by atoms with van der Waals surface area (Å²) >= 11 is 0. The lowest BCUT2D eigenvalue weighted by Crippen LogP contribution is -2.45. The lowest BCUT2D eigenvalue weighted by Gasteiger charge is -2.31. The summed E-state index contributed by atoms with van der Waals surface area (Å²) in [5.41, 5.74) is 3.20. The van der Waals surface area contributed by atoms with Crippen molar-refractivity contribution in [2.45, 2.75) is 72.3 Å². The topological polar surface area (TPSA) is 195 Å². The molecule has 3 aromatic rings. The van der Waals surface area contributed by atoms with Crippen LogP contribution in [0.1, 0.15) is 69.6 Å². The van der Waals surface area contributed by atoms with E-state index >= 15 is 0 Å². The largest absolute Gasteiger partial charge is 0.494 e. The highest BCUT2D eigenvalue weighted by Gasteiger charge is 2.39. The Morgan fingerprint density at radius 3 is 1.54 bits per heavy atom. The monoisotopic (exact) mass is 932 g/mol. The van der Waals surface area contributed by atoms with Crippen LogP contribution in [0.5, 0.6) is 11.5 Å². The van der Waals surface area contributed by atoms with Crippen LogP contribution < -0.4 is 9.47 Å². The molecule has 0 amide bonds. The van der Waals surface area contributed by atoms with Crippen LogP contribution in [-0.2, 0) is 86.1 Å². The summed E-state index contributed by atoms with van der Waals surface area (Å²) in [6, 6.07) is 21.0. The number of aryl methyl sites for hydroxylation is 2. The molecule has 0 radical (unpaired) electrons. The minimum absolute atomic E-state index is 0.0167. The van der Waals surface area contributed by atoms with Gasteiger partial charge in [-0.1, -0.05) is 81.8 Å². The molecule has 0 N–H and O–H groups in total. The number of benzene rings is 3. The van der Waals surface area contributed by atoms with Crippen molar-refractivity contribution in [1.82, 2.24) is 0 Å². The molecule has 0 unspecified atom stereocenters. The van der Waals surface area contributed by atoms with Gasteiger partial charge in [0.2, 0.25) is 0 Å². The maximum absolute atomic E-state index is 12.7. The maximum Gasteiger partial charge on any atom is 0.417 e. The van der Waals surface area contributed by atoms with Crippen molar-refractivity contribution in [2.75, 3.05) is 73.7 Å². The molecular weight excluding hydrogens is 869 g/mol. The lowest BCUT2D eigenvalue weighted by atomic mass is 9.92. The molecule has 0 atom stereocenters. The third kappa shape index (κ3) is 20.3. The van der Waals surface area contributed by atoms with Crippen molar-refractivity contribution in [2.24, 2.45) is 5.41 Å². The van der Waals surface area contributed by atoms with Crippen molar-refractivity contribution < 1.29 is 76.1 Å². The van der Waals surface area contributed by atoms with Gasteiger partial charge < -0.3 is 47.4 Å². The third-order valence-electron chi connectivity index (χ3n) is 9.96. The number of hydrogen-bond donors (Lipinski definition) is 0. The second-order valence-corrected chi connectivity index (χ2v) is 15.8. The zero-order valence-corrected chi connectivity index (χ0v) is 39.3. The highest BCUT2D eigenvalue weighted by Crippen LogP contribution is 2.30. The Morgan fingerprint density at radius 1 is 0.493 bits per heavy atom. The fourth-order valence-electron chi connectivity index (χ4n) is 6.11. The van der Waals surface area contributed by atoms with Crippen molar-refractivity contribution >= 4 is 35.8 Å². The molecule has 3 aromatic carbocycles. The zero-order valence-electron chi connectivity index (χ0n) is 39.3. The number of esters is 6. The summed E-state index contributed by atoms with van der Waals surface area (Å²) in [7, 11) is 2.76. The fourth-order valence-corrected chi connectivity index (χ4v) is 6.11. The predicted molar refractivity (Wildman–Crippen MR) is 246 cm³/mol. The summed E-state index contributed by atoms with van der Waals surface area (Å²) in [5, 5.41) is 0. The van der Waals surface area contributed by atoms with Gasteiger partial charge >= 0.3 is 35.8 Å². The van der Waals surface area contributed by atoms with E-state index in [2.05, 4.69) is 32.2 Å². The second-order valence-electron chi connectivity index (χ2n) is 15.8. The number of ether oxygens (including phenoxy) is 10. The van der Waals surface area contributed by atoms with Gasteiger partial charge in [0.1, 0.15) is 63.2 Å². The predicted octanol–water partition coefficient (Wildman–Crippen LogP) is 7.06. The van der Waals surface area contributed by atoms with E-state index in [0.717, 1.165) is 40.8 Å². The van der Waals surface area contributed by atoms with E-state index in [1.54, 1.807) is 31.2 Å². The van der Waals surface area contributed by atoms with E-state index in [1.807, 2.05) is 30.3 Å². The molecule has 0 aliphatic carbocycles. The van der Waals surface area contributed by atoms with Crippen LogP contribution in [0.25, 0.3) is 11.1 Å². The van der Waals surface area contributed by atoms with Crippen molar-refractivity contribution in [3.05, 3.63) is 108 Å². The van der Waals surface area contributed by atoms with Gasteiger partial charge in [-0.3, -0.25) is 0 Å². The molecule has 0 heterocycles. The molecule has 67 heavy (non-hydrogen) atoms. The highest BCUT2D eigenvalue weighted by molar-refractivity contribution is 6.30. The average Bonchev–Trinajstić information content (AvgIpc) is 3.33. The molecule has 0 bridgehead atoms. The Labute approximate surface area is 392 Å². The summed E-state index contributed by atoms with van der Waals surface area (Å²) in [4.78, 5) is 75.0. The molecule has 16 heteroatoms. The summed E-state index contributed by atoms with van der Waals surface area (Å²) in [5.74, 6) is -5.73. The molecule has 16 nitrogen and oxygen atoms in total. The number of carbonyl (C=O) groups is 6. The van der Waals surface area contributed by atoms with E-state index in [4.69, 9.17) is 47.4 Å². The Kier molecular flexibility index (Phi) is 24.5. The van der Waals surface area contributed by atoms with Crippen LogP contribution in [-0.4, -0.2) is 109 Å². The highest BCUT2D eigenvalue weighted by atomic mass is 16.6. The van der Waals surface area contributed by atoms with Crippen LogP contribution in [0, 0.1) is 5.41 Å². The molecule has 0 aromatic heterocycles. The minimum atomic E-state index is -1.70. The first-order valence-corrected chi connectivity index (χ1v) is 22.1. The van der Waals surface area contributed by atoms with E-state index < -0.39 is 67.7 Å². The van der Waals surface area contributed by atoms with Gasteiger partial charge in [-0.05, 0) is 91.6 Å². The standard InChI is InChI=1S/C51H64O16/c1-8-9-10-11-13-38-15-20-42(21-16-38)60-25-12-14-39-17-24-44(41(30-39)31-63-45(52)36(2)3)40-18-22-43(23-19-40)64-32-51(33-65-46(53)37(4)5,34-66-49(56)47(54)61-28-26-58-6)35-67-50(57)48(55)62-29-27-59-7/h15-24,30H,2,4,8-14,25-29,31-35H2,1,3,5-7H3. The molecule has 0 aliphatic rings. The van der Waals surface area contributed by atoms with Gasteiger partial charge in [0.25, 0.3) is 0 Å². The van der Waals surface area contributed by atoms with Gasteiger partial charge in [-0.2, -0.15) is 0 Å². The zero-order chi connectivity index (χ0) is 49.0. The number of hydrogen-bond acceptors (Lipinski definition) is 16. The Morgan fingerprint density at radius 2 is 0.985 bits per heavy atom. The van der Waals surface area contributed by atoms with Crippen LogP contribution in [0.3, 0.4) is 0 Å². The molecule has 0 saturated carbocycles. The fraction of sp³-hybridized carbons (Fsp3) is 0.451. The van der Waals surface area contributed by atoms with Crippen molar-refractivity contribution in [1.29, 1.82) is 0 Å². The van der Waals surface area contributed by atoms with Gasteiger partial charge in [0, 0.05) is 25.4 Å². The van der Waals surface area contributed by atoms with E-state index in [0.29, 0.717) is 13.0 Å². The first kappa shape index (κ1) is 54.8. The number of methoxy groups -OCH3 is 2. The van der Waals surface area contributed by atoms with Gasteiger partial charge in [-0.25, -0.2) is 28.8 Å². The van der Waals surface area contributed by atoms with Gasteiger partial charge in [-0.15, -0.1) is 0 Å². The minimum Gasteiger partial charge on any atom is -0.494 e. The molecule has 364 valence electrons. The second kappa shape index (κ2) is 29.9. The summed E-state index contributed by atoms with van der Waals surface area (Å²) in [6.07, 6.45) is 7.40. The van der Waals surface area contributed by atoms with Crippen LogP contribution in [0.15, 0.2) is 91.0 Å². The quantitative estimate of drug-likeness (QED) is 0.0217. The Balaban J connectivity index is 1.82. The van der Waals surface area contributed by atoms with Crippen molar-refractivity contribution in [3.8, 4) is 22.6 Å². The van der Waals surface area contributed by atoms with E-state index in [-0.39, 0.29) is 49.9 Å². The average molecular weight is 933 g/mol. The van der Waals surface area contributed by atoms with E-state index in [1.165, 1.54) is 52.4 Å². The van der Waals surface area contributed by atoms with E-state index in [9.17, 15) is 28.8 Å². The summed E-state index contributed by atoms with van der Waals surface area (Å²) in [6.45, 7) is 10.1. The molecule has 0 fully saturated rings. The SMILES string of the molecule is C=C(C)C(=O)OCc1cc(CCCOc2ccc(CCCCCC)cc2)ccc1-c1ccc(OCC(COC(=O)C(=C)C)(COC(=O)C(=O)OCCOC)COC(=O)C(=O)OCCOC)cc1. The van der Waals surface area contributed by atoms with Crippen molar-refractivity contribution in [3.63, 3.8) is 0 Å². The Bertz CT molecular complexity index is 2050. The summed E-state index contributed by atoms with van der Waals surface area (Å²) < 4.78 is 53.0. The maximum atomic E-state index is 12.7. The first-order valence-electron chi connectivity index (χ1n) is 22.1. The smallest absolute Gasteiger partial charge is 0.417 e. The van der Waals surface area contributed by atoms with Crippen LogP contribution in [0.2, 0.25) is 0 Å². The first-order chi connectivity index (χ1) is 32.2. The molecule has 0 spiro atoms. The number of carbonyl (C=O) groups excluding carboxylic acids is 6. The molecular formula is C51H64O16. The molecule has 3 rings (SSSR count). The lowest BCUT2D eigenvalue weighted by molar-refractivity contribution is -0.179. The van der Waals surface area contributed by atoms with Crippen LogP contribution >= 0.6 is 0 Å².